The van der Waals surface area contributed by atoms with Gasteiger partial charge in [-0.3, -0.25) is 4.90 Å². The Kier molecular flexibility index (Phi) is 6.62. The molecular formula is C24H28F3N3O. The molecule has 0 saturated carbocycles. The van der Waals surface area contributed by atoms with E-state index in [4.69, 9.17) is 9.72 Å². The number of ether oxygens (including phenoxy) is 1. The van der Waals surface area contributed by atoms with Crippen LogP contribution in [0.25, 0.3) is 11.0 Å². The zero-order chi connectivity index (χ0) is 21.8. The average Bonchev–Trinajstić information content (AvgIpc) is 3.13. The number of hydrogen-bond donors (Lipinski definition) is 0. The van der Waals surface area contributed by atoms with Crippen LogP contribution in [0.15, 0.2) is 48.5 Å². The summed E-state index contributed by atoms with van der Waals surface area (Å²) < 4.78 is 46.8. The average molecular weight is 432 g/mol. The quantitative estimate of drug-likeness (QED) is 0.465. The lowest BCUT2D eigenvalue weighted by Gasteiger charge is -2.32. The van der Waals surface area contributed by atoms with Crippen LogP contribution in [0.3, 0.4) is 0 Å². The molecule has 0 spiro atoms. The van der Waals surface area contributed by atoms with Crippen molar-refractivity contribution in [2.45, 2.75) is 44.9 Å². The van der Waals surface area contributed by atoms with Gasteiger partial charge in [-0.1, -0.05) is 30.3 Å². The Morgan fingerprint density at radius 2 is 1.84 bits per heavy atom. The van der Waals surface area contributed by atoms with Crippen LogP contribution >= 0.6 is 0 Å². The molecule has 0 atom stereocenters. The number of alkyl halides is 3. The fourth-order valence-corrected chi connectivity index (χ4v) is 4.39. The highest BCUT2D eigenvalue weighted by Crippen LogP contribution is 2.32. The van der Waals surface area contributed by atoms with Gasteiger partial charge in [0.25, 0.3) is 0 Å². The standard InChI is InChI=1S/C24H28F3N3O/c1-2-31-15-14-30-22-9-4-3-8-21(22)28-23(30)19-10-12-29(13-11-19)17-18-6-5-7-20(16-18)24(25,26)27/h3-9,16,19H,2,10-15,17H2,1H3. The molecule has 1 saturated heterocycles. The predicted octanol–water partition coefficient (Wildman–Crippen LogP) is 5.47. The smallest absolute Gasteiger partial charge is 0.380 e. The first-order chi connectivity index (χ1) is 15.0. The second kappa shape index (κ2) is 9.40. The van der Waals surface area contributed by atoms with E-state index in [1.54, 1.807) is 6.07 Å². The third-order valence-electron chi connectivity index (χ3n) is 5.96. The van der Waals surface area contributed by atoms with Crippen LogP contribution in [0.1, 0.15) is 42.6 Å². The van der Waals surface area contributed by atoms with Crippen LogP contribution in [0.5, 0.6) is 0 Å². The zero-order valence-corrected chi connectivity index (χ0v) is 17.7. The van der Waals surface area contributed by atoms with E-state index < -0.39 is 11.7 Å². The lowest BCUT2D eigenvalue weighted by atomic mass is 9.95. The van der Waals surface area contributed by atoms with Crippen LogP contribution in [0, 0.1) is 0 Å². The first-order valence-electron chi connectivity index (χ1n) is 10.9. The summed E-state index contributed by atoms with van der Waals surface area (Å²) in [5.41, 5.74) is 2.25. The second-order valence-corrected chi connectivity index (χ2v) is 8.06. The SMILES string of the molecule is CCOCCn1c(C2CCN(Cc3cccc(C(F)(F)F)c3)CC2)nc2ccccc21. The topological polar surface area (TPSA) is 30.3 Å². The third-order valence-corrected chi connectivity index (χ3v) is 5.96. The summed E-state index contributed by atoms with van der Waals surface area (Å²) in [6.45, 7) is 6.33. The minimum absolute atomic E-state index is 0.340. The number of aromatic nitrogens is 2. The normalized spacial score (nSPS) is 16.3. The number of rotatable bonds is 7. The Labute approximate surface area is 180 Å². The number of nitrogens with zero attached hydrogens (tertiary/aromatic N) is 3. The van der Waals surface area contributed by atoms with E-state index in [-0.39, 0.29) is 0 Å². The lowest BCUT2D eigenvalue weighted by Crippen LogP contribution is -2.33. The summed E-state index contributed by atoms with van der Waals surface area (Å²) in [7, 11) is 0. The molecule has 0 unspecified atom stereocenters. The minimum atomic E-state index is -4.30. The largest absolute Gasteiger partial charge is 0.416 e. The maximum atomic E-state index is 13.0. The van der Waals surface area contributed by atoms with Gasteiger partial charge >= 0.3 is 6.18 Å². The van der Waals surface area contributed by atoms with Crippen molar-refractivity contribution in [1.82, 2.24) is 14.5 Å². The summed E-state index contributed by atoms with van der Waals surface area (Å²) in [5.74, 6) is 1.44. The lowest BCUT2D eigenvalue weighted by molar-refractivity contribution is -0.137. The monoisotopic (exact) mass is 431 g/mol. The Hall–Kier alpha value is -2.38. The molecular weight excluding hydrogens is 403 g/mol. The number of para-hydroxylation sites is 2. The number of imidazole rings is 1. The molecule has 0 bridgehead atoms. The molecule has 7 heteroatoms. The molecule has 1 aliphatic heterocycles. The van der Waals surface area contributed by atoms with Crippen molar-refractivity contribution >= 4 is 11.0 Å². The number of halogens is 3. The van der Waals surface area contributed by atoms with E-state index in [0.29, 0.717) is 31.2 Å². The van der Waals surface area contributed by atoms with Gasteiger partial charge in [0.15, 0.2) is 0 Å². The molecule has 0 radical (unpaired) electrons. The van der Waals surface area contributed by atoms with Crippen molar-refractivity contribution < 1.29 is 17.9 Å². The van der Waals surface area contributed by atoms with Gasteiger partial charge in [-0.15, -0.1) is 0 Å². The van der Waals surface area contributed by atoms with Crippen molar-refractivity contribution in [3.63, 3.8) is 0 Å². The number of hydrogen-bond acceptors (Lipinski definition) is 3. The molecule has 1 aromatic heterocycles. The van der Waals surface area contributed by atoms with Crippen LogP contribution < -0.4 is 0 Å². The maximum absolute atomic E-state index is 13.0. The van der Waals surface area contributed by atoms with E-state index in [9.17, 15) is 13.2 Å². The third kappa shape index (κ3) is 5.10. The van der Waals surface area contributed by atoms with E-state index in [0.717, 1.165) is 55.4 Å². The van der Waals surface area contributed by atoms with Crippen LogP contribution in [-0.2, 0) is 24.0 Å². The van der Waals surface area contributed by atoms with E-state index in [1.165, 1.54) is 12.1 Å². The van der Waals surface area contributed by atoms with E-state index in [2.05, 4.69) is 15.5 Å². The minimum Gasteiger partial charge on any atom is -0.380 e. The van der Waals surface area contributed by atoms with Gasteiger partial charge < -0.3 is 9.30 Å². The summed E-state index contributed by atoms with van der Waals surface area (Å²) >= 11 is 0. The van der Waals surface area contributed by atoms with Gasteiger partial charge in [0, 0.05) is 25.6 Å². The molecule has 0 aliphatic carbocycles. The Bertz CT molecular complexity index is 1010. The number of benzene rings is 2. The zero-order valence-electron chi connectivity index (χ0n) is 17.7. The molecule has 4 nitrogen and oxygen atoms in total. The fraction of sp³-hybridized carbons (Fsp3) is 0.458. The highest BCUT2D eigenvalue weighted by molar-refractivity contribution is 5.76. The summed E-state index contributed by atoms with van der Waals surface area (Å²) in [6.07, 6.45) is -2.42. The van der Waals surface area contributed by atoms with E-state index >= 15 is 0 Å². The van der Waals surface area contributed by atoms with Crippen LogP contribution in [0.4, 0.5) is 13.2 Å². The van der Waals surface area contributed by atoms with E-state index in [1.807, 2.05) is 25.1 Å². The molecule has 1 aliphatic rings. The fourth-order valence-electron chi connectivity index (χ4n) is 4.39. The van der Waals surface area contributed by atoms with Crippen LogP contribution in [0.2, 0.25) is 0 Å². The van der Waals surface area contributed by atoms with Gasteiger partial charge in [-0.2, -0.15) is 13.2 Å². The van der Waals surface area contributed by atoms with Crippen molar-refractivity contribution in [3.05, 3.63) is 65.5 Å². The molecule has 2 aromatic carbocycles. The first kappa shape index (κ1) is 21.8. The Balaban J connectivity index is 1.44. The number of piperidine rings is 1. The predicted molar refractivity (Wildman–Crippen MR) is 115 cm³/mol. The van der Waals surface area contributed by atoms with Crippen molar-refractivity contribution in [3.8, 4) is 0 Å². The molecule has 0 N–H and O–H groups in total. The highest BCUT2D eigenvalue weighted by Gasteiger charge is 2.31. The Morgan fingerprint density at radius 1 is 1.06 bits per heavy atom. The number of fused-ring (bicyclic) bond motifs is 1. The summed E-state index contributed by atoms with van der Waals surface area (Å²) in [6, 6.07) is 13.8. The molecule has 31 heavy (non-hydrogen) atoms. The molecule has 2 heterocycles. The molecule has 166 valence electrons. The van der Waals surface area contributed by atoms with Crippen molar-refractivity contribution in [2.75, 3.05) is 26.3 Å². The summed E-state index contributed by atoms with van der Waals surface area (Å²) in [5, 5.41) is 0. The van der Waals surface area contributed by atoms with Crippen LogP contribution in [-0.4, -0.2) is 40.8 Å². The summed E-state index contributed by atoms with van der Waals surface area (Å²) in [4.78, 5) is 7.16. The molecule has 1 fully saturated rings. The molecule has 3 aromatic rings. The van der Waals surface area contributed by atoms with Gasteiger partial charge in [0.2, 0.25) is 0 Å². The van der Waals surface area contributed by atoms with Gasteiger partial charge in [0.1, 0.15) is 5.82 Å². The molecule has 0 amide bonds. The second-order valence-electron chi connectivity index (χ2n) is 8.06. The number of likely N-dealkylation sites (tertiary alicyclic amines) is 1. The molecule has 4 rings (SSSR count). The van der Waals surface area contributed by atoms with Gasteiger partial charge in [-0.05, 0) is 56.6 Å². The highest BCUT2D eigenvalue weighted by atomic mass is 19.4. The van der Waals surface area contributed by atoms with Gasteiger partial charge in [-0.25, -0.2) is 4.98 Å². The first-order valence-corrected chi connectivity index (χ1v) is 10.9. The van der Waals surface area contributed by atoms with Crippen molar-refractivity contribution in [2.24, 2.45) is 0 Å². The van der Waals surface area contributed by atoms with Crippen molar-refractivity contribution in [1.29, 1.82) is 0 Å². The Morgan fingerprint density at radius 3 is 2.58 bits per heavy atom. The van der Waals surface area contributed by atoms with Gasteiger partial charge in [0.05, 0.1) is 23.2 Å². The maximum Gasteiger partial charge on any atom is 0.416 e.